The Morgan fingerprint density at radius 3 is 2.59 bits per heavy atom. The molecule has 1 aromatic carbocycles. The molecule has 1 aliphatic carbocycles. The maximum atomic E-state index is 14.4. The highest BCUT2D eigenvalue weighted by Crippen LogP contribution is 2.38. The van der Waals surface area contributed by atoms with Gasteiger partial charge in [0.25, 0.3) is 0 Å². The highest BCUT2D eigenvalue weighted by atomic mass is 79.9. The summed E-state index contributed by atoms with van der Waals surface area (Å²) in [6, 6.07) is 4.66. The first kappa shape index (κ1) is 33.2. The fourth-order valence-electron chi connectivity index (χ4n) is 3.57. The molecule has 12 heteroatoms. The molecule has 3 aromatic rings. The van der Waals surface area contributed by atoms with Crippen LogP contribution >= 0.6 is 39.0 Å². The average Bonchev–Trinajstić information content (AvgIpc) is 3.50. The van der Waals surface area contributed by atoms with Crippen LogP contribution in [0.25, 0.3) is 11.0 Å². The van der Waals surface area contributed by atoms with Crippen LogP contribution in [-0.4, -0.2) is 44.7 Å². The molecule has 0 aliphatic heterocycles. The number of nitrogens with zero attached hydrogens (tertiary/aromatic N) is 2. The van der Waals surface area contributed by atoms with E-state index in [4.69, 9.17) is 5.41 Å². The van der Waals surface area contributed by atoms with Crippen LogP contribution in [0.2, 0.25) is 0 Å². The molecule has 0 radical (unpaired) electrons. The molecule has 4 rings (SSSR count). The van der Waals surface area contributed by atoms with E-state index in [0.717, 1.165) is 18.2 Å². The molecule has 0 saturated carbocycles. The minimum absolute atomic E-state index is 0.131. The number of allylic oxidation sites excluding steroid dienone is 4. The Bertz CT molecular complexity index is 1340. The van der Waals surface area contributed by atoms with Crippen molar-refractivity contribution in [2.75, 3.05) is 20.5 Å². The van der Waals surface area contributed by atoms with Gasteiger partial charge in [-0.3, -0.25) is 4.39 Å². The van der Waals surface area contributed by atoms with Crippen molar-refractivity contribution in [2.45, 2.75) is 47.2 Å². The number of aromatic nitrogens is 2. The van der Waals surface area contributed by atoms with Gasteiger partial charge < -0.3 is 15.7 Å². The smallest absolute Gasteiger partial charge is 0.208 e. The molecule has 0 amide bonds. The van der Waals surface area contributed by atoms with Crippen LogP contribution in [0.5, 0.6) is 0 Å². The molecule has 0 saturated heterocycles. The number of thioether (sulfide) groups is 1. The third kappa shape index (κ3) is 7.82. The van der Waals surface area contributed by atoms with E-state index < -0.39 is 9.84 Å². The number of rotatable bonds is 6. The SMILES string of the molecule is CC.CF.CN.CSc1sc(C=N)cc1S(=O)(=O)c1cc(Br)c2c(c1)ncn2CC1CCC=CC=C1F. The Morgan fingerprint density at radius 1 is 1.30 bits per heavy atom. The van der Waals surface area contributed by atoms with E-state index in [0.29, 0.717) is 39.2 Å². The Hall–Kier alpha value is -1.86. The molecule has 1 atom stereocenters. The van der Waals surface area contributed by atoms with Crippen molar-refractivity contribution in [2.24, 2.45) is 11.7 Å². The number of nitrogens with two attached hydrogens (primary N) is 1. The first-order valence-corrected chi connectivity index (χ1v) is 15.7. The summed E-state index contributed by atoms with van der Waals surface area (Å²) in [5.41, 5.74) is 5.76. The number of thiophene rings is 1. The third-order valence-electron chi connectivity index (χ3n) is 5.13. The molecule has 1 aliphatic rings. The van der Waals surface area contributed by atoms with Gasteiger partial charge in [-0.25, -0.2) is 17.8 Å². The summed E-state index contributed by atoms with van der Waals surface area (Å²) in [5.74, 6) is -0.410. The zero-order chi connectivity index (χ0) is 28.2. The first-order chi connectivity index (χ1) is 17.8. The molecule has 37 heavy (non-hydrogen) atoms. The number of hydrogen-bond acceptors (Lipinski definition) is 7. The summed E-state index contributed by atoms with van der Waals surface area (Å²) >= 11 is 6.13. The van der Waals surface area contributed by atoms with Gasteiger partial charge in [-0.15, -0.1) is 23.1 Å². The quantitative estimate of drug-likeness (QED) is 0.217. The number of nitrogens with one attached hydrogen (secondary N) is 1. The lowest BCUT2D eigenvalue weighted by atomic mass is 10.0. The fraction of sp³-hybridized carbons (Fsp3) is 0.360. The molecule has 2 heterocycles. The lowest BCUT2D eigenvalue weighted by molar-refractivity contribution is 0.399. The van der Waals surface area contributed by atoms with Crippen LogP contribution in [0.15, 0.2) is 67.1 Å². The van der Waals surface area contributed by atoms with Crippen molar-refractivity contribution in [3.05, 3.63) is 57.9 Å². The molecular weight excluding hydrogens is 602 g/mol. The van der Waals surface area contributed by atoms with Crippen molar-refractivity contribution in [3.63, 3.8) is 0 Å². The maximum absolute atomic E-state index is 14.4. The number of benzene rings is 1. The van der Waals surface area contributed by atoms with Crippen LogP contribution in [0.3, 0.4) is 0 Å². The second kappa shape index (κ2) is 16.2. The summed E-state index contributed by atoms with van der Waals surface area (Å²) in [6.07, 6.45) is 11.3. The van der Waals surface area contributed by atoms with E-state index >= 15 is 0 Å². The molecule has 1 unspecified atom stereocenters. The topological polar surface area (TPSA) is 102 Å². The lowest BCUT2D eigenvalue weighted by Crippen LogP contribution is -2.11. The fourth-order valence-corrected chi connectivity index (χ4v) is 8.30. The van der Waals surface area contributed by atoms with Gasteiger partial charge in [0, 0.05) is 28.0 Å². The van der Waals surface area contributed by atoms with Gasteiger partial charge in [0.15, 0.2) is 0 Å². The van der Waals surface area contributed by atoms with E-state index in [1.54, 1.807) is 24.5 Å². The zero-order valence-electron chi connectivity index (χ0n) is 21.5. The molecular formula is C25H33BrF2N4O2S3. The van der Waals surface area contributed by atoms with E-state index in [1.165, 1.54) is 42.3 Å². The average molecular weight is 636 g/mol. The van der Waals surface area contributed by atoms with Crippen LogP contribution in [-0.2, 0) is 16.4 Å². The predicted molar refractivity (Wildman–Crippen MR) is 156 cm³/mol. The maximum Gasteiger partial charge on any atom is 0.208 e. The van der Waals surface area contributed by atoms with E-state index in [-0.39, 0.29) is 21.5 Å². The Morgan fingerprint density at radius 2 is 1.97 bits per heavy atom. The van der Waals surface area contributed by atoms with Gasteiger partial charge in [0.1, 0.15) is 5.83 Å². The monoisotopic (exact) mass is 634 g/mol. The highest BCUT2D eigenvalue weighted by molar-refractivity contribution is 9.10. The van der Waals surface area contributed by atoms with Crippen molar-refractivity contribution in [1.29, 1.82) is 5.41 Å². The molecule has 204 valence electrons. The van der Waals surface area contributed by atoms with Crippen LogP contribution in [0.4, 0.5) is 8.78 Å². The number of imidazole rings is 1. The standard InChI is InChI=1S/C21H19BrFN3O2S3.C2H6.CH3F.CH5N/c1-29-21-19(7-14(10-24)30-21)31(27,28)15-8-16(22)20-18(9-15)25-12-26(20)11-13-5-3-2-4-6-17(13)23;3*1-2/h2,4,6-10,12-13,24H,3,5,11H2,1H3;1-2H3;1H3;2H2,1H3. The van der Waals surface area contributed by atoms with Gasteiger partial charge in [-0.05, 0) is 66.4 Å². The highest BCUT2D eigenvalue weighted by Gasteiger charge is 2.26. The van der Waals surface area contributed by atoms with Gasteiger partial charge in [-0.2, -0.15) is 0 Å². The van der Waals surface area contributed by atoms with Crippen molar-refractivity contribution >= 4 is 66.1 Å². The van der Waals surface area contributed by atoms with Crippen molar-refractivity contribution in [1.82, 2.24) is 9.55 Å². The molecule has 2 aromatic heterocycles. The van der Waals surface area contributed by atoms with Crippen LogP contribution < -0.4 is 5.73 Å². The van der Waals surface area contributed by atoms with Crippen LogP contribution in [0.1, 0.15) is 31.6 Å². The second-order valence-corrected chi connectivity index (χ2v) is 12.0. The second-order valence-electron chi connectivity index (χ2n) is 7.08. The van der Waals surface area contributed by atoms with Crippen LogP contribution in [0, 0.1) is 11.3 Å². The predicted octanol–water partition coefficient (Wildman–Crippen LogP) is 7.42. The number of alkyl halides is 1. The summed E-state index contributed by atoms with van der Waals surface area (Å²) in [5, 5.41) is 7.44. The summed E-state index contributed by atoms with van der Waals surface area (Å²) in [7, 11) is -1.79. The Kier molecular flexibility index (Phi) is 14.5. The number of halogens is 3. The van der Waals surface area contributed by atoms with E-state index in [9.17, 15) is 17.2 Å². The largest absolute Gasteiger partial charge is 0.333 e. The van der Waals surface area contributed by atoms with Gasteiger partial charge >= 0.3 is 0 Å². The molecule has 6 nitrogen and oxygen atoms in total. The normalized spacial score (nSPS) is 14.7. The first-order valence-electron chi connectivity index (χ1n) is 11.4. The van der Waals surface area contributed by atoms with Gasteiger partial charge in [0.05, 0.1) is 38.5 Å². The number of sulfone groups is 1. The van der Waals surface area contributed by atoms with E-state index in [2.05, 4.69) is 26.6 Å². The van der Waals surface area contributed by atoms with Crippen molar-refractivity contribution in [3.8, 4) is 0 Å². The molecule has 3 N–H and O–H groups in total. The van der Waals surface area contributed by atoms with Gasteiger partial charge in [-0.1, -0.05) is 26.0 Å². The van der Waals surface area contributed by atoms with Crippen molar-refractivity contribution < 1.29 is 17.2 Å². The van der Waals surface area contributed by atoms with E-state index in [1.807, 2.05) is 30.7 Å². The minimum Gasteiger partial charge on any atom is -0.333 e. The Balaban J connectivity index is 0.00000106. The van der Waals surface area contributed by atoms with Gasteiger partial charge in [0.2, 0.25) is 9.84 Å². The molecule has 0 spiro atoms. The molecule has 0 fully saturated rings. The zero-order valence-corrected chi connectivity index (χ0v) is 25.5. The lowest BCUT2D eigenvalue weighted by Gasteiger charge is -2.15. The third-order valence-corrected chi connectivity index (χ3v) is 9.97. The summed E-state index contributed by atoms with van der Waals surface area (Å²) < 4.78 is 53.7. The number of fused-ring (bicyclic) bond motifs is 1. The summed E-state index contributed by atoms with van der Waals surface area (Å²) in [4.78, 5) is 5.31. The summed E-state index contributed by atoms with van der Waals surface area (Å²) in [6.45, 7) is 4.43. The Labute approximate surface area is 234 Å². The molecule has 0 bridgehead atoms. The number of hydrogen-bond donors (Lipinski definition) is 2. The minimum atomic E-state index is -3.79.